The third-order valence-electron chi connectivity index (χ3n) is 8.79. The second kappa shape index (κ2) is 8.52. The molecule has 2 aliphatic carbocycles. The van der Waals surface area contributed by atoms with Crippen LogP contribution >= 0.6 is 22.9 Å². The van der Waals surface area contributed by atoms with Crippen molar-refractivity contribution in [2.75, 3.05) is 13.1 Å². The summed E-state index contributed by atoms with van der Waals surface area (Å²) in [4.78, 5) is 32.9. The van der Waals surface area contributed by atoms with E-state index in [1.165, 1.54) is 16.0 Å². The lowest BCUT2D eigenvalue weighted by molar-refractivity contribution is -0.143. The molecule has 2 saturated heterocycles. The summed E-state index contributed by atoms with van der Waals surface area (Å²) in [6.07, 6.45) is 7.15. The second-order valence-corrected chi connectivity index (χ2v) is 13.0. The van der Waals surface area contributed by atoms with Gasteiger partial charge in [-0.05, 0) is 73.4 Å². The van der Waals surface area contributed by atoms with Gasteiger partial charge in [0.1, 0.15) is 11.9 Å². The van der Waals surface area contributed by atoms with Gasteiger partial charge in [0.25, 0.3) is 0 Å². The molecule has 4 aliphatic rings. The SMILES string of the molecule is CC1(C)C2C(=O)N(Cc3cc4nccc(-c5cc(Cl)c6c(c5O[C@@H]5CCCNC5)CCC6)c4s3)C(=O)C21. The molecular weight excluding hydrogens is 506 g/mol. The minimum atomic E-state index is -0.198. The van der Waals surface area contributed by atoms with Crippen LogP contribution in [0.15, 0.2) is 24.4 Å². The highest BCUT2D eigenvalue weighted by atomic mass is 35.5. The van der Waals surface area contributed by atoms with Gasteiger partial charge < -0.3 is 10.1 Å². The molecule has 4 heterocycles. The van der Waals surface area contributed by atoms with Crippen LogP contribution in [0.5, 0.6) is 5.75 Å². The first-order valence-electron chi connectivity index (χ1n) is 13.3. The Kier molecular flexibility index (Phi) is 5.44. The maximum atomic E-state index is 12.9. The normalized spacial score (nSPS) is 26.0. The molecule has 2 unspecified atom stereocenters. The summed E-state index contributed by atoms with van der Waals surface area (Å²) >= 11 is 8.42. The predicted octanol–water partition coefficient (Wildman–Crippen LogP) is 5.38. The summed E-state index contributed by atoms with van der Waals surface area (Å²) in [6.45, 7) is 6.22. The van der Waals surface area contributed by atoms with Crippen LogP contribution < -0.4 is 10.1 Å². The number of halogens is 1. The van der Waals surface area contributed by atoms with Crippen molar-refractivity contribution in [1.29, 1.82) is 0 Å². The first-order chi connectivity index (χ1) is 17.8. The Morgan fingerprint density at radius 3 is 2.68 bits per heavy atom. The molecule has 3 aromatic rings. The highest BCUT2D eigenvalue weighted by molar-refractivity contribution is 7.19. The number of pyridine rings is 1. The molecule has 0 radical (unpaired) electrons. The number of nitrogens with one attached hydrogen (secondary N) is 1. The van der Waals surface area contributed by atoms with Crippen LogP contribution in [0.3, 0.4) is 0 Å². The van der Waals surface area contributed by atoms with Crippen LogP contribution in [-0.2, 0) is 29.0 Å². The largest absolute Gasteiger partial charge is 0.488 e. The van der Waals surface area contributed by atoms with Crippen LogP contribution in [0.2, 0.25) is 5.02 Å². The standard InChI is InChI=1S/C29H30ClN3O3S/c1-29(2)23-24(29)28(35)33(27(23)34)14-16-11-22-26(37-16)19(8-10-32-22)20-12-21(30)17-6-3-7-18(17)25(20)36-15-5-4-9-31-13-15/h8,10-12,15,23-24,31H,3-7,9,13-14H2,1-2H3/t15-,23?,24?/m1/s1. The smallest absolute Gasteiger partial charge is 0.234 e. The molecule has 0 bridgehead atoms. The van der Waals surface area contributed by atoms with Crippen molar-refractivity contribution >= 4 is 45.0 Å². The lowest BCUT2D eigenvalue weighted by Crippen LogP contribution is -2.37. The highest BCUT2D eigenvalue weighted by Gasteiger charge is 2.72. The number of benzene rings is 1. The summed E-state index contributed by atoms with van der Waals surface area (Å²) in [7, 11) is 0. The van der Waals surface area contributed by atoms with E-state index in [1.807, 2.05) is 32.2 Å². The lowest BCUT2D eigenvalue weighted by Gasteiger charge is -2.27. The van der Waals surface area contributed by atoms with Crippen molar-refractivity contribution < 1.29 is 14.3 Å². The average molecular weight is 536 g/mol. The molecular formula is C29H30ClN3O3S. The number of likely N-dealkylation sites (tertiary alicyclic amines) is 1. The third kappa shape index (κ3) is 3.65. The third-order valence-corrected chi connectivity index (χ3v) is 10.3. The van der Waals surface area contributed by atoms with Gasteiger partial charge in [0.15, 0.2) is 0 Å². The molecule has 3 fully saturated rings. The molecule has 2 aliphatic heterocycles. The van der Waals surface area contributed by atoms with Crippen molar-refractivity contribution in [2.45, 2.75) is 58.6 Å². The van der Waals surface area contributed by atoms with Crippen molar-refractivity contribution in [3.05, 3.63) is 45.4 Å². The summed E-state index contributed by atoms with van der Waals surface area (Å²) < 4.78 is 7.76. The van der Waals surface area contributed by atoms with E-state index in [0.29, 0.717) is 6.54 Å². The number of ether oxygens (including phenoxy) is 1. The number of amides is 2. The van der Waals surface area contributed by atoms with Gasteiger partial charge in [-0.1, -0.05) is 25.4 Å². The van der Waals surface area contributed by atoms with E-state index in [4.69, 9.17) is 16.3 Å². The van der Waals surface area contributed by atoms with Gasteiger partial charge in [-0.15, -0.1) is 11.3 Å². The fourth-order valence-electron chi connectivity index (χ4n) is 6.71. The highest BCUT2D eigenvalue weighted by Crippen LogP contribution is 2.63. The molecule has 2 amide bonds. The monoisotopic (exact) mass is 535 g/mol. The zero-order chi connectivity index (χ0) is 25.5. The van der Waals surface area contributed by atoms with E-state index in [2.05, 4.69) is 16.4 Å². The van der Waals surface area contributed by atoms with E-state index < -0.39 is 0 Å². The van der Waals surface area contributed by atoms with E-state index >= 15 is 0 Å². The van der Waals surface area contributed by atoms with E-state index in [1.54, 1.807) is 11.3 Å². The molecule has 2 aromatic heterocycles. The number of rotatable bonds is 5. The van der Waals surface area contributed by atoms with Gasteiger partial charge in [0, 0.05) is 33.8 Å². The number of carbonyl (C=O) groups is 2. The van der Waals surface area contributed by atoms with Gasteiger partial charge in [-0.2, -0.15) is 0 Å². The molecule has 1 N–H and O–H groups in total. The summed E-state index contributed by atoms with van der Waals surface area (Å²) in [5, 5.41) is 4.26. The predicted molar refractivity (Wildman–Crippen MR) is 145 cm³/mol. The van der Waals surface area contributed by atoms with Gasteiger partial charge in [0.05, 0.1) is 28.6 Å². The van der Waals surface area contributed by atoms with Crippen LogP contribution in [0.25, 0.3) is 21.3 Å². The van der Waals surface area contributed by atoms with Crippen LogP contribution in [0, 0.1) is 17.3 Å². The van der Waals surface area contributed by atoms with Crippen molar-refractivity contribution in [3.63, 3.8) is 0 Å². The molecule has 1 aromatic carbocycles. The first kappa shape index (κ1) is 23.6. The Morgan fingerprint density at radius 2 is 1.92 bits per heavy atom. The van der Waals surface area contributed by atoms with E-state index in [0.717, 1.165) is 82.2 Å². The average Bonchev–Trinajstić information content (AvgIpc) is 3.32. The number of aromatic nitrogens is 1. The number of hydrogen-bond donors (Lipinski definition) is 1. The zero-order valence-electron chi connectivity index (χ0n) is 21.1. The van der Waals surface area contributed by atoms with Crippen molar-refractivity contribution in [3.8, 4) is 16.9 Å². The number of fused-ring (bicyclic) bond motifs is 3. The number of carbonyl (C=O) groups excluding carboxylic acids is 2. The van der Waals surface area contributed by atoms with E-state index in [-0.39, 0.29) is 35.2 Å². The maximum absolute atomic E-state index is 12.9. The number of hydrogen-bond acceptors (Lipinski definition) is 6. The quantitative estimate of drug-likeness (QED) is 0.444. The summed E-state index contributed by atoms with van der Waals surface area (Å²) in [5.41, 5.74) is 5.17. The van der Waals surface area contributed by atoms with Gasteiger partial charge in [0.2, 0.25) is 11.8 Å². The molecule has 1 saturated carbocycles. The molecule has 8 heteroatoms. The fourth-order valence-corrected chi connectivity index (χ4v) is 8.16. The second-order valence-electron chi connectivity index (χ2n) is 11.5. The summed E-state index contributed by atoms with van der Waals surface area (Å²) in [5.74, 6) is 0.567. The lowest BCUT2D eigenvalue weighted by atomic mass is 9.98. The number of imide groups is 1. The Hall–Kier alpha value is -2.48. The topological polar surface area (TPSA) is 71.5 Å². The molecule has 0 spiro atoms. The van der Waals surface area contributed by atoms with Gasteiger partial charge in [-0.3, -0.25) is 19.5 Å². The van der Waals surface area contributed by atoms with Gasteiger partial charge in [-0.25, -0.2) is 0 Å². The van der Waals surface area contributed by atoms with Crippen LogP contribution in [0.4, 0.5) is 0 Å². The summed E-state index contributed by atoms with van der Waals surface area (Å²) in [6, 6.07) is 6.11. The van der Waals surface area contributed by atoms with E-state index in [9.17, 15) is 9.59 Å². The number of thiophene rings is 1. The van der Waals surface area contributed by atoms with Crippen molar-refractivity contribution in [1.82, 2.24) is 15.2 Å². The van der Waals surface area contributed by atoms with Gasteiger partial charge >= 0.3 is 0 Å². The number of piperidine rings is 2. The van der Waals surface area contributed by atoms with Crippen LogP contribution in [0.1, 0.15) is 49.1 Å². The fraction of sp³-hybridized carbons (Fsp3) is 0.483. The first-order valence-corrected chi connectivity index (χ1v) is 14.5. The Balaban J connectivity index is 1.27. The number of nitrogens with zero attached hydrogens (tertiary/aromatic N) is 2. The molecule has 37 heavy (non-hydrogen) atoms. The molecule has 192 valence electrons. The zero-order valence-corrected chi connectivity index (χ0v) is 22.7. The Labute approximate surface area is 225 Å². The molecule has 6 nitrogen and oxygen atoms in total. The Morgan fingerprint density at radius 1 is 1.14 bits per heavy atom. The minimum absolute atomic E-state index is 0.0344. The minimum Gasteiger partial charge on any atom is -0.488 e. The maximum Gasteiger partial charge on any atom is 0.234 e. The molecule has 3 atom stereocenters. The molecule has 7 rings (SSSR count). The van der Waals surface area contributed by atoms with Crippen molar-refractivity contribution in [2.24, 2.45) is 17.3 Å². The Bertz CT molecular complexity index is 1430. The van der Waals surface area contributed by atoms with Crippen LogP contribution in [-0.4, -0.2) is 40.9 Å².